The van der Waals surface area contributed by atoms with Crippen LogP contribution >= 0.6 is 11.6 Å². The summed E-state index contributed by atoms with van der Waals surface area (Å²) in [4.78, 5) is 8.85. The van der Waals surface area contributed by atoms with Gasteiger partial charge in [0, 0.05) is 27.1 Å². The highest BCUT2D eigenvalue weighted by Crippen LogP contribution is 2.37. The summed E-state index contributed by atoms with van der Waals surface area (Å²) >= 11 is 6.19. The molecule has 0 saturated carbocycles. The number of furan rings is 1. The molecule has 0 fully saturated rings. The van der Waals surface area contributed by atoms with E-state index in [0.717, 1.165) is 49.5 Å². The number of benzene rings is 4. The number of para-hydroxylation sites is 1. The molecule has 28 heavy (non-hydrogen) atoms. The van der Waals surface area contributed by atoms with Crippen molar-refractivity contribution in [2.75, 3.05) is 0 Å². The highest BCUT2D eigenvalue weighted by molar-refractivity contribution is 6.29. The molecule has 4 aromatic carbocycles. The molecular formula is C24H13ClN2O. The molecule has 0 aliphatic rings. The molecule has 0 aliphatic heterocycles. The lowest BCUT2D eigenvalue weighted by atomic mass is 10.0. The fraction of sp³-hybridized carbons (Fsp3) is 0. The van der Waals surface area contributed by atoms with Crippen LogP contribution in [0.25, 0.3) is 54.9 Å². The van der Waals surface area contributed by atoms with Crippen molar-refractivity contribution < 1.29 is 4.42 Å². The van der Waals surface area contributed by atoms with Crippen molar-refractivity contribution in [2.45, 2.75) is 0 Å². The Balaban J connectivity index is 1.68. The van der Waals surface area contributed by atoms with Gasteiger partial charge < -0.3 is 4.42 Å². The third-order valence-electron chi connectivity index (χ3n) is 5.21. The topological polar surface area (TPSA) is 38.9 Å². The number of nitrogens with zero attached hydrogens (tertiary/aromatic N) is 2. The van der Waals surface area contributed by atoms with Crippen molar-refractivity contribution in [3.8, 4) is 11.3 Å². The van der Waals surface area contributed by atoms with Gasteiger partial charge in [-0.3, -0.25) is 0 Å². The molecule has 4 heteroatoms. The summed E-state index contributed by atoms with van der Waals surface area (Å²) in [6, 6.07) is 26.6. The second-order valence-corrected chi connectivity index (χ2v) is 7.17. The predicted octanol–water partition coefficient (Wildman–Crippen LogP) is 7.00. The first-order chi connectivity index (χ1) is 13.8. The van der Waals surface area contributed by atoms with Gasteiger partial charge in [-0.15, -0.1) is 0 Å². The second-order valence-electron chi connectivity index (χ2n) is 6.83. The maximum absolute atomic E-state index is 6.21. The summed E-state index contributed by atoms with van der Waals surface area (Å²) < 4.78 is 6.21. The summed E-state index contributed by atoms with van der Waals surface area (Å²) in [6.07, 6.45) is 0. The molecule has 6 aromatic rings. The van der Waals surface area contributed by atoms with Gasteiger partial charge in [0.25, 0.3) is 0 Å². The third kappa shape index (κ3) is 2.23. The Kier molecular flexibility index (Phi) is 3.22. The molecule has 2 heterocycles. The first-order valence-corrected chi connectivity index (χ1v) is 9.42. The molecule has 2 aromatic heterocycles. The van der Waals surface area contributed by atoms with E-state index in [4.69, 9.17) is 16.0 Å². The SMILES string of the molecule is Clc1nc(-c2ccc3oc4c5ccccc5ccc4c3c2)c2ccccc2n1. The zero-order valence-corrected chi connectivity index (χ0v) is 15.4. The molecule has 0 spiro atoms. The third-order valence-corrected chi connectivity index (χ3v) is 5.38. The zero-order valence-electron chi connectivity index (χ0n) is 14.7. The summed E-state index contributed by atoms with van der Waals surface area (Å²) in [6.45, 7) is 0. The minimum absolute atomic E-state index is 0.247. The van der Waals surface area contributed by atoms with Crippen molar-refractivity contribution in [1.29, 1.82) is 0 Å². The molecule has 0 saturated heterocycles. The summed E-state index contributed by atoms with van der Waals surface area (Å²) in [7, 11) is 0. The van der Waals surface area contributed by atoms with Crippen LogP contribution in [0.4, 0.5) is 0 Å². The highest BCUT2D eigenvalue weighted by Gasteiger charge is 2.14. The van der Waals surface area contributed by atoms with Crippen LogP contribution in [0.5, 0.6) is 0 Å². The van der Waals surface area contributed by atoms with Crippen molar-refractivity contribution >= 4 is 55.2 Å². The smallest absolute Gasteiger partial charge is 0.223 e. The van der Waals surface area contributed by atoms with Gasteiger partial charge in [0.15, 0.2) is 0 Å². The summed E-state index contributed by atoms with van der Waals surface area (Å²) in [5.41, 5.74) is 4.42. The normalized spacial score (nSPS) is 11.8. The highest BCUT2D eigenvalue weighted by atomic mass is 35.5. The van der Waals surface area contributed by atoms with E-state index in [1.165, 1.54) is 5.39 Å². The fourth-order valence-corrected chi connectivity index (χ4v) is 4.10. The Morgan fingerprint density at radius 3 is 2.43 bits per heavy atom. The summed E-state index contributed by atoms with van der Waals surface area (Å²) in [5, 5.41) is 5.68. The Hall–Kier alpha value is -3.43. The van der Waals surface area contributed by atoms with Crippen LogP contribution in [-0.2, 0) is 0 Å². The van der Waals surface area contributed by atoms with E-state index in [-0.39, 0.29) is 5.28 Å². The molecule has 0 radical (unpaired) electrons. The standard InChI is InChI=1S/C24H13ClN2O/c25-24-26-20-8-4-3-7-18(20)22(27-24)15-10-12-21-19(13-15)17-11-9-14-5-1-2-6-16(14)23(17)28-21/h1-13H. The maximum Gasteiger partial charge on any atom is 0.223 e. The Labute approximate surface area is 165 Å². The molecule has 0 unspecified atom stereocenters. The maximum atomic E-state index is 6.21. The first-order valence-electron chi connectivity index (χ1n) is 9.05. The van der Waals surface area contributed by atoms with Crippen LogP contribution in [0.2, 0.25) is 5.28 Å². The van der Waals surface area contributed by atoms with Crippen molar-refractivity contribution in [3.05, 3.63) is 84.1 Å². The van der Waals surface area contributed by atoms with Gasteiger partial charge in [-0.2, -0.15) is 0 Å². The van der Waals surface area contributed by atoms with E-state index in [2.05, 4.69) is 40.3 Å². The fourth-order valence-electron chi connectivity index (χ4n) is 3.92. The van der Waals surface area contributed by atoms with E-state index in [1.807, 2.05) is 48.5 Å². The minimum atomic E-state index is 0.247. The van der Waals surface area contributed by atoms with Crippen molar-refractivity contribution in [2.24, 2.45) is 0 Å². The van der Waals surface area contributed by atoms with Gasteiger partial charge in [-0.05, 0) is 47.3 Å². The molecule has 0 aliphatic carbocycles. The van der Waals surface area contributed by atoms with Gasteiger partial charge >= 0.3 is 0 Å². The predicted molar refractivity (Wildman–Crippen MR) is 115 cm³/mol. The van der Waals surface area contributed by atoms with Gasteiger partial charge in [0.05, 0.1) is 11.2 Å². The molecule has 0 amide bonds. The molecule has 0 N–H and O–H groups in total. The van der Waals surface area contributed by atoms with E-state index >= 15 is 0 Å². The molecule has 0 bridgehead atoms. The summed E-state index contributed by atoms with van der Waals surface area (Å²) in [5.74, 6) is 0. The largest absolute Gasteiger partial charge is 0.455 e. The molecule has 3 nitrogen and oxygen atoms in total. The van der Waals surface area contributed by atoms with E-state index in [9.17, 15) is 0 Å². The number of hydrogen-bond donors (Lipinski definition) is 0. The van der Waals surface area contributed by atoms with Gasteiger partial charge in [0.1, 0.15) is 11.2 Å². The lowest BCUT2D eigenvalue weighted by Gasteiger charge is -2.06. The average molecular weight is 381 g/mol. The van der Waals surface area contributed by atoms with E-state index < -0.39 is 0 Å². The van der Waals surface area contributed by atoms with Gasteiger partial charge in [-0.25, -0.2) is 9.97 Å². The number of rotatable bonds is 1. The molecule has 132 valence electrons. The Morgan fingerprint density at radius 2 is 1.50 bits per heavy atom. The van der Waals surface area contributed by atoms with Crippen LogP contribution in [0, 0.1) is 0 Å². The van der Waals surface area contributed by atoms with Crippen LogP contribution in [-0.4, -0.2) is 9.97 Å². The lowest BCUT2D eigenvalue weighted by Crippen LogP contribution is -1.91. The van der Waals surface area contributed by atoms with Crippen molar-refractivity contribution in [3.63, 3.8) is 0 Å². The molecule has 0 atom stereocenters. The molecule has 6 rings (SSSR count). The van der Waals surface area contributed by atoms with Crippen molar-refractivity contribution in [1.82, 2.24) is 9.97 Å². The number of hydrogen-bond acceptors (Lipinski definition) is 3. The Morgan fingerprint density at radius 1 is 0.679 bits per heavy atom. The zero-order chi connectivity index (χ0) is 18.7. The number of halogens is 1. The van der Waals surface area contributed by atoms with Crippen LogP contribution in [0.15, 0.2) is 83.3 Å². The van der Waals surface area contributed by atoms with Crippen LogP contribution < -0.4 is 0 Å². The minimum Gasteiger partial charge on any atom is -0.455 e. The quantitative estimate of drug-likeness (QED) is 0.288. The van der Waals surface area contributed by atoms with Crippen LogP contribution in [0.3, 0.4) is 0 Å². The average Bonchev–Trinajstić information content (AvgIpc) is 3.11. The van der Waals surface area contributed by atoms with Gasteiger partial charge in [0.2, 0.25) is 5.28 Å². The van der Waals surface area contributed by atoms with Crippen LogP contribution in [0.1, 0.15) is 0 Å². The van der Waals surface area contributed by atoms with E-state index in [0.29, 0.717) is 0 Å². The van der Waals surface area contributed by atoms with Gasteiger partial charge in [-0.1, -0.05) is 48.5 Å². The number of fused-ring (bicyclic) bond motifs is 6. The monoisotopic (exact) mass is 380 g/mol. The number of aromatic nitrogens is 2. The van der Waals surface area contributed by atoms with E-state index in [1.54, 1.807) is 0 Å². The second kappa shape index (κ2) is 5.78. The first kappa shape index (κ1) is 15.6. The Bertz CT molecular complexity index is 1530. The molecular weight excluding hydrogens is 368 g/mol. The lowest BCUT2D eigenvalue weighted by molar-refractivity contribution is 0.672.